The number of amides is 1. The van der Waals surface area contributed by atoms with Gasteiger partial charge in [0.1, 0.15) is 5.82 Å². The van der Waals surface area contributed by atoms with Gasteiger partial charge < -0.3 is 29.2 Å². The maximum atomic E-state index is 13.7. The molecule has 2 fully saturated rings. The van der Waals surface area contributed by atoms with Gasteiger partial charge in [0.15, 0.2) is 5.82 Å². The average molecular weight is 484 g/mol. The second kappa shape index (κ2) is 9.33. The van der Waals surface area contributed by atoms with Crippen LogP contribution in [0.3, 0.4) is 0 Å². The lowest BCUT2D eigenvalue weighted by Crippen LogP contribution is -2.54. The number of carbonyl (C=O) groups is 1. The van der Waals surface area contributed by atoms with E-state index in [1.54, 1.807) is 18.2 Å². The van der Waals surface area contributed by atoms with E-state index in [0.29, 0.717) is 35.6 Å². The molecule has 0 aliphatic carbocycles. The van der Waals surface area contributed by atoms with Gasteiger partial charge >= 0.3 is 11.8 Å². The van der Waals surface area contributed by atoms with Gasteiger partial charge in [-0.2, -0.15) is 4.98 Å². The Bertz CT molecular complexity index is 1210. The largest absolute Gasteiger partial charge is 0.467 e. The predicted molar refractivity (Wildman–Crippen MR) is 122 cm³/mol. The molecule has 0 saturated carbocycles. The van der Waals surface area contributed by atoms with Crippen molar-refractivity contribution in [3.05, 3.63) is 48.2 Å². The van der Waals surface area contributed by atoms with Gasteiger partial charge in [0.25, 0.3) is 5.91 Å². The number of β-amino-alcohol motifs (C(OH)–C–C–N with tert-alkyl or cyclic N) is 1. The topological polar surface area (TPSA) is 123 Å². The highest BCUT2D eigenvalue weighted by molar-refractivity contribution is 5.86. The number of methoxy groups -OCH3 is 1. The van der Waals surface area contributed by atoms with E-state index in [0.717, 1.165) is 0 Å². The molecule has 0 radical (unpaired) electrons. The van der Waals surface area contributed by atoms with Gasteiger partial charge in [-0.15, -0.1) is 0 Å². The molecule has 1 amide bonds. The molecule has 1 atom stereocenters. The van der Waals surface area contributed by atoms with Crippen LogP contribution in [0, 0.1) is 11.7 Å². The molecular formula is C24H26FN5O5. The fourth-order valence-corrected chi connectivity index (χ4v) is 4.21. The molecule has 2 aliphatic heterocycles. The summed E-state index contributed by atoms with van der Waals surface area (Å²) in [4.78, 5) is 31.6. The fourth-order valence-electron chi connectivity index (χ4n) is 4.21. The highest BCUT2D eigenvalue weighted by Gasteiger charge is 2.52. The fraction of sp³-hybridized carbons (Fsp3) is 0.417. The molecule has 11 heteroatoms. The Kier molecular flexibility index (Phi) is 6.22. The first-order chi connectivity index (χ1) is 16.9. The number of nitrogens with zero attached hydrogens (tertiary/aromatic N) is 4. The summed E-state index contributed by atoms with van der Waals surface area (Å²) < 4.78 is 31.0. The molecule has 0 spiro atoms. The first kappa shape index (κ1) is 23.3. The number of aromatic amines is 1. The van der Waals surface area contributed by atoms with Crippen molar-refractivity contribution in [2.24, 2.45) is 5.92 Å². The summed E-state index contributed by atoms with van der Waals surface area (Å²) in [6.07, 6.45) is 1.41. The lowest BCUT2D eigenvalue weighted by Gasteiger charge is -2.38. The maximum Gasteiger partial charge on any atom is 0.316 e. The van der Waals surface area contributed by atoms with Crippen LogP contribution in [0.1, 0.15) is 19.2 Å². The Balaban J connectivity index is 1.65. The molecule has 2 aliphatic rings. The van der Waals surface area contributed by atoms with Crippen LogP contribution in [-0.2, 0) is 20.1 Å². The molecule has 4 heterocycles. The number of H-pyrrole nitrogens is 1. The summed E-state index contributed by atoms with van der Waals surface area (Å²) in [6.45, 7) is 3.09. The van der Waals surface area contributed by atoms with E-state index < -0.39 is 17.8 Å². The highest BCUT2D eigenvalue weighted by Crippen LogP contribution is 2.38. The second-order valence-electron chi connectivity index (χ2n) is 8.78. The first-order valence-corrected chi connectivity index (χ1v) is 11.4. The van der Waals surface area contributed by atoms with E-state index in [-0.39, 0.29) is 43.3 Å². The van der Waals surface area contributed by atoms with Crippen molar-refractivity contribution in [3.63, 3.8) is 0 Å². The van der Waals surface area contributed by atoms with Gasteiger partial charge in [0.05, 0.1) is 43.5 Å². The third kappa shape index (κ3) is 4.38. The molecule has 2 aromatic heterocycles. The number of likely N-dealkylation sites (tertiary alicyclic amines) is 1. The van der Waals surface area contributed by atoms with E-state index in [1.165, 1.54) is 30.3 Å². The molecule has 1 aromatic carbocycles. The maximum absolute atomic E-state index is 13.7. The monoisotopic (exact) mass is 483 g/mol. The standard InChI is InChI=1S/C24H26FN5O5/c1-14-12-34-24(35-13-14,22(32)30-10-8-17(31)11-30)21-28-19(15-3-5-16(25)6-4-15)20(29-21)18-7-9-26-23(27-18)33-2/h3-7,9,14,17,31H,8,10-13H2,1-2H3,(H,28,29). The van der Waals surface area contributed by atoms with Gasteiger partial charge in [-0.05, 0) is 36.8 Å². The molecule has 2 N–H and O–H groups in total. The number of hydrogen-bond acceptors (Lipinski definition) is 8. The van der Waals surface area contributed by atoms with Crippen molar-refractivity contribution in [2.75, 3.05) is 33.4 Å². The third-order valence-electron chi connectivity index (χ3n) is 6.08. The Morgan fingerprint density at radius 1 is 1.23 bits per heavy atom. The first-order valence-electron chi connectivity index (χ1n) is 11.4. The summed E-state index contributed by atoms with van der Waals surface area (Å²) in [5, 5.41) is 10.0. The number of aromatic nitrogens is 4. The Labute approximate surface area is 201 Å². The van der Waals surface area contributed by atoms with Gasteiger partial charge in [0.2, 0.25) is 0 Å². The summed E-state index contributed by atoms with van der Waals surface area (Å²) >= 11 is 0. The summed E-state index contributed by atoms with van der Waals surface area (Å²) in [7, 11) is 1.46. The molecule has 1 unspecified atom stereocenters. The number of benzene rings is 1. The van der Waals surface area contributed by atoms with E-state index in [2.05, 4.69) is 15.0 Å². The number of nitrogens with one attached hydrogen (secondary N) is 1. The van der Waals surface area contributed by atoms with Crippen LogP contribution >= 0.6 is 0 Å². The zero-order chi connectivity index (χ0) is 24.6. The van der Waals surface area contributed by atoms with Crippen molar-refractivity contribution < 1.29 is 28.5 Å². The van der Waals surface area contributed by atoms with Gasteiger partial charge in [-0.1, -0.05) is 6.92 Å². The zero-order valence-corrected chi connectivity index (χ0v) is 19.4. The van der Waals surface area contributed by atoms with Crippen LogP contribution in [-0.4, -0.2) is 75.4 Å². The van der Waals surface area contributed by atoms with Crippen LogP contribution in [0.5, 0.6) is 6.01 Å². The van der Waals surface area contributed by atoms with E-state index in [9.17, 15) is 14.3 Å². The van der Waals surface area contributed by atoms with Crippen molar-refractivity contribution in [2.45, 2.75) is 25.2 Å². The number of halogens is 1. The minimum Gasteiger partial charge on any atom is -0.467 e. The van der Waals surface area contributed by atoms with Crippen molar-refractivity contribution in [1.82, 2.24) is 24.8 Å². The summed E-state index contributed by atoms with van der Waals surface area (Å²) in [5.41, 5.74) is 1.95. The zero-order valence-electron chi connectivity index (χ0n) is 19.4. The van der Waals surface area contributed by atoms with Gasteiger partial charge in [-0.3, -0.25) is 4.79 Å². The van der Waals surface area contributed by atoms with Crippen molar-refractivity contribution in [3.8, 4) is 28.7 Å². The molecule has 184 valence electrons. The van der Waals surface area contributed by atoms with Crippen LogP contribution in [0.15, 0.2) is 36.5 Å². The Morgan fingerprint density at radius 3 is 2.63 bits per heavy atom. The molecule has 10 nitrogen and oxygen atoms in total. The number of hydrogen-bond donors (Lipinski definition) is 2. The van der Waals surface area contributed by atoms with Gasteiger partial charge in [-0.25, -0.2) is 14.4 Å². The summed E-state index contributed by atoms with van der Waals surface area (Å²) in [5.74, 6) is -2.42. The normalized spacial score (nSPS) is 24.5. The Hall–Kier alpha value is -3.41. The molecule has 3 aromatic rings. The third-order valence-corrected chi connectivity index (χ3v) is 6.08. The molecule has 5 rings (SSSR count). The lowest BCUT2D eigenvalue weighted by molar-refractivity contribution is -0.283. The lowest BCUT2D eigenvalue weighted by atomic mass is 10.1. The molecular weight excluding hydrogens is 457 g/mol. The number of aliphatic hydroxyl groups is 1. The predicted octanol–water partition coefficient (Wildman–Crippen LogP) is 2.11. The van der Waals surface area contributed by atoms with Crippen LogP contribution in [0.25, 0.3) is 22.6 Å². The molecule has 0 bridgehead atoms. The number of rotatable bonds is 5. The number of aliphatic hydroxyl groups excluding tert-OH is 1. The quantitative estimate of drug-likeness (QED) is 0.566. The highest BCUT2D eigenvalue weighted by atomic mass is 19.1. The van der Waals surface area contributed by atoms with E-state index in [4.69, 9.17) is 19.2 Å². The smallest absolute Gasteiger partial charge is 0.316 e. The SMILES string of the molecule is COc1nccc(-c2[nH]c(C3(C(=O)N4CCC(O)C4)OCC(C)CO3)nc2-c2ccc(F)cc2)n1. The van der Waals surface area contributed by atoms with E-state index in [1.807, 2.05) is 6.92 Å². The molecule has 2 saturated heterocycles. The number of carbonyl (C=O) groups excluding carboxylic acids is 1. The second-order valence-corrected chi connectivity index (χ2v) is 8.78. The van der Waals surface area contributed by atoms with Crippen molar-refractivity contribution in [1.29, 1.82) is 0 Å². The number of imidazole rings is 1. The van der Waals surface area contributed by atoms with Crippen molar-refractivity contribution >= 4 is 5.91 Å². The van der Waals surface area contributed by atoms with Crippen LogP contribution < -0.4 is 4.74 Å². The summed E-state index contributed by atoms with van der Waals surface area (Å²) in [6, 6.07) is 7.66. The molecule has 35 heavy (non-hydrogen) atoms. The minimum atomic E-state index is -1.82. The minimum absolute atomic E-state index is 0.0808. The van der Waals surface area contributed by atoms with E-state index >= 15 is 0 Å². The average Bonchev–Trinajstić information content (AvgIpc) is 3.52. The van der Waals surface area contributed by atoms with Crippen LogP contribution in [0.2, 0.25) is 0 Å². The Morgan fingerprint density at radius 2 is 1.97 bits per heavy atom. The van der Waals surface area contributed by atoms with Gasteiger partial charge in [0, 0.05) is 30.8 Å². The number of ether oxygens (including phenoxy) is 3. The van der Waals surface area contributed by atoms with Crippen LogP contribution in [0.4, 0.5) is 4.39 Å².